The molecule has 1 heterocycles. The summed E-state index contributed by atoms with van der Waals surface area (Å²) in [7, 11) is 0. The summed E-state index contributed by atoms with van der Waals surface area (Å²) >= 11 is 0. The third kappa shape index (κ3) is 2.64. The number of hydrogen-bond acceptors (Lipinski definition) is 2. The molecule has 0 saturated carbocycles. The van der Waals surface area contributed by atoms with E-state index in [-0.39, 0.29) is 5.54 Å². The largest absolute Gasteiger partial charge is 0.328 e. The van der Waals surface area contributed by atoms with Gasteiger partial charge in [0, 0.05) is 6.54 Å². The second-order valence-corrected chi connectivity index (χ2v) is 7.10. The van der Waals surface area contributed by atoms with Gasteiger partial charge in [-0.15, -0.1) is 0 Å². The first-order valence-corrected chi connectivity index (χ1v) is 8.77. The van der Waals surface area contributed by atoms with Crippen LogP contribution in [0.4, 0.5) is 0 Å². The number of rotatable bonds is 3. The second kappa shape index (κ2) is 6.10. The van der Waals surface area contributed by atoms with Crippen LogP contribution in [0.1, 0.15) is 56.2 Å². The minimum atomic E-state index is 0.111. The minimum Gasteiger partial charge on any atom is -0.328 e. The Hall–Kier alpha value is -0.860. The van der Waals surface area contributed by atoms with E-state index in [0.29, 0.717) is 0 Å². The fourth-order valence-electron chi connectivity index (χ4n) is 4.34. The maximum atomic E-state index is 6.35. The van der Waals surface area contributed by atoms with Gasteiger partial charge in [0.15, 0.2) is 0 Å². The molecule has 0 bridgehead atoms. The summed E-state index contributed by atoms with van der Waals surface area (Å²) in [5.41, 5.74) is 11.0. The van der Waals surface area contributed by atoms with E-state index < -0.39 is 0 Å². The number of piperidine rings is 1. The summed E-state index contributed by atoms with van der Waals surface area (Å²) in [4.78, 5) is 2.70. The van der Waals surface area contributed by atoms with E-state index in [0.717, 1.165) is 18.9 Å². The molecule has 2 aliphatic rings. The molecular weight excluding hydrogens is 256 g/mol. The molecule has 1 aliphatic heterocycles. The summed E-state index contributed by atoms with van der Waals surface area (Å²) in [6.45, 7) is 7.82. The van der Waals surface area contributed by atoms with Crippen LogP contribution in [0, 0.1) is 5.92 Å². The molecule has 3 rings (SSSR count). The van der Waals surface area contributed by atoms with Crippen molar-refractivity contribution in [3.63, 3.8) is 0 Å². The molecule has 0 aromatic heterocycles. The summed E-state index contributed by atoms with van der Waals surface area (Å²) in [6.07, 6.45) is 7.52. The van der Waals surface area contributed by atoms with Gasteiger partial charge in [-0.05, 0) is 74.2 Å². The molecule has 0 amide bonds. The number of likely N-dealkylation sites (tertiary alicyclic amines) is 1. The predicted octanol–water partition coefficient (Wildman–Crippen LogP) is 3.47. The number of benzene rings is 1. The van der Waals surface area contributed by atoms with Crippen molar-refractivity contribution in [3.05, 3.63) is 34.9 Å². The van der Waals surface area contributed by atoms with Crippen molar-refractivity contribution < 1.29 is 0 Å². The molecular formula is C19H30N2. The quantitative estimate of drug-likeness (QED) is 0.922. The lowest BCUT2D eigenvalue weighted by atomic mass is 9.73. The molecule has 1 aromatic rings. The Labute approximate surface area is 129 Å². The lowest BCUT2D eigenvalue weighted by Gasteiger charge is -2.49. The number of nitrogens with two attached hydrogens (primary N) is 1. The van der Waals surface area contributed by atoms with Gasteiger partial charge in [0.2, 0.25) is 0 Å². The molecule has 1 saturated heterocycles. The molecule has 1 fully saturated rings. The predicted molar refractivity (Wildman–Crippen MR) is 89.5 cm³/mol. The van der Waals surface area contributed by atoms with Crippen LogP contribution >= 0.6 is 0 Å². The molecule has 0 spiro atoms. The monoisotopic (exact) mass is 286 g/mol. The molecule has 2 nitrogen and oxygen atoms in total. The molecule has 21 heavy (non-hydrogen) atoms. The van der Waals surface area contributed by atoms with Gasteiger partial charge in [0.25, 0.3) is 0 Å². The number of nitrogens with zero attached hydrogens (tertiary/aromatic N) is 1. The molecule has 1 aliphatic carbocycles. The molecule has 1 aromatic carbocycles. The highest BCUT2D eigenvalue weighted by Crippen LogP contribution is 2.41. The summed E-state index contributed by atoms with van der Waals surface area (Å²) in [6, 6.07) is 7.14. The van der Waals surface area contributed by atoms with Crippen molar-refractivity contribution in [1.29, 1.82) is 0 Å². The fourth-order valence-corrected chi connectivity index (χ4v) is 4.34. The van der Waals surface area contributed by atoms with Gasteiger partial charge in [-0.25, -0.2) is 0 Å². The summed E-state index contributed by atoms with van der Waals surface area (Å²) in [5.74, 6) is 0.876. The fraction of sp³-hybridized carbons (Fsp3) is 0.684. The van der Waals surface area contributed by atoms with Crippen LogP contribution in [0.5, 0.6) is 0 Å². The standard InChI is InChI=1S/C19H30N2/c1-3-16-6-7-18-17(13-16)5-4-10-19(18,14-20)21-11-8-15(2)9-12-21/h6-7,13,15H,3-5,8-12,14,20H2,1-2H3. The Kier molecular flexibility index (Phi) is 4.37. The average Bonchev–Trinajstić information content (AvgIpc) is 2.54. The number of fused-ring (bicyclic) bond motifs is 1. The zero-order valence-corrected chi connectivity index (χ0v) is 13.7. The first-order chi connectivity index (χ1) is 10.2. The highest BCUT2D eigenvalue weighted by atomic mass is 15.2. The smallest absolute Gasteiger partial charge is 0.0586 e. The number of aryl methyl sites for hydroxylation is 2. The van der Waals surface area contributed by atoms with E-state index in [4.69, 9.17) is 5.73 Å². The van der Waals surface area contributed by atoms with Crippen LogP contribution in [0.2, 0.25) is 0 Å². The number of hydrogen-bond donors (Lipinski definition) is 1. The zero-order chi connectivity index (χ0) is 14.9. The van der Waals surface area contributed by atoms with Gasteiger partial charge >= 0.3 is 0 Å². The van der Waals surface area contributed by atoms with E-state index >= 15 is 0 Å². The van der Waals surface area contributed by atoms with E-state index in [2.05, 4.69) is 36.9 Å². The van der Waals surface area contributed by atoms with Crippen LogP contribution in [-0.2, 0) is 18.4 Å². The van der Waals surface area contributed by atoms with Gasteiger partial charge in [0.1, 0.15) is 0 Å². The third-order valence-electron chi connectivity index (χ3n) is 5.84. The Balaban J connectivity index is 1.96. The van der Waals surface area contributed by atoms with Gasteiger partial charge in [-0.1, -0.05) is 32.0 Å². The van der Waals surface area contributed by atoms with Crippen molar-refractivity contribution in [2.45, 2.75) is 57.9 Å². The van der Waals surface area contributed by atoms with Crippen LogP contribution in [0.15, 0.2) is 18.2 Å². The van der Waals surface area contributed by atoms with Crippen LogP contribution in [0.3, 0.4) is 0 Å². The highest BCUT2D eigenvalue weighted by molar-refractivity contribution is 5.40. The topological polar surface area (TPSA) is 29.3 Å². The average molecular weight is 286 g/mol. The normalized spacial score (nSPS) is 27.6. The van der Waals surface area contributed by atoms with Gasteiger partial charge in [0.05, 0.1) is 5.54 Å². The summed E-state index contributed by atoms with van der Waals surface area (Å²) in [5, 5.41) is 0. The van der Waals surface area contributed by atoms with Crippen LogP contribution in [-0.4, -0.2) is 24.5 Å². The Morgan fingerprint density at radius 1 is 1.29 bits per heavy atom. The lowest BCUT2D eigenvalue weighted by Crippen LogP contribution is -2.55. The van der Waals surface area contributed by atoms with Crippen molar-refractivity contribution >= 4 is 0 Å². The molecule has 116 valence electrons. The van der Waals surface area contributed by atoms with Crippen LogP contribution < -0.4 is 5.73 Å². The highest BCUT2D eigenvalue weighted by Gasteiger charge is 2.41. The maximum Gasteiger partial charge on any atom is 0.0586 e. The van der Waals surface area contributed by atoms with Gasteiger partial charge < -0.3 is 5.73 Å². The lowest BCUT2D eigenvalue weighted by molar-refractivity contribution is 0.0414. The van der Waals surface area contributed by atoms with E-state index in [1.165, 1.54) is 56.3 Å². The molecule has 2 heteroatoms. The zero-order valence-electron chi connectivity index (χ0n) is 13.7. The first kappa shape index (κ1) is 15.1. The van der Waals surface area contributed by atoms with E-state index in [9.17, 15) is 0 Å². The molecule has 2 N–H and O–H groups in total. The molecule has 1 unspecified atom stereocenters. The Bertz CT molecular complexity index is 488. The first-order valence-electron chi connectivity index (χ1n) is 8.77. The van der Waals surface area contributed by atoms with Gasteiger partial charge in [-0.3, -0.25) is 4.90 Å². The third-order valence-corrected chi connectivity index (χ3v) is 5.84. The second-order valence-electron chi connectivity index (χ2n) is 7.10. The van der Waals surface area contributed by atoms with Crippen molar-refractivity contribution in [3.8, 4) is 0 Å². The Morgan fingerprint density at radius 3 is 2.71 bits per heavy atom. The van der Waals surface area contributed by atoms with Crippen LogP contribution in [0.25, 0.3) is 0 Å². The Morgan fingerprint density at radius 2 is 2.05 bits per heavy atom. The molecule has 1 atom stereocenters. The van der Waals surface area contributed by atoms with Crippen molar-refractivity contribution in [1.82, 2.24) is 4.90 Å². The SMILES string of the molecule is CCc1ccc2c(c1)CCCC2(CN)N1CCC(C)CC1. The molecule has 0 radical (unpaired) electrons. The maximum absolute atomic E-state index is 6.35. The van der Waals surface area contributed by atoms with Crippen molar-refractivity contribution in [2.75, 3.05) is 19.6 Å². The van der Waals surface area contributed by atoms with Gasteiger partial charge in [-0.2, -0.15) is 0 Å². The van der Waals surface area contributed by atoms with E-state index in [1.807, 2.05) is 0 Å². The van der Waals surface area contributed by atoms with Crippen molar-refractivity contribution in [2.24, 2.45) is 11.7 Å². The minimum absolute atomic E-state index is 0.111. The van der Waals surface area contributed by atoms with E-state index in [1.54, 1.807) is 5.56 Å². The summed E-state index contributed by atoms with van der Waals surface area (Å²) < 4.78 is 0.